The van der Waals surface area contributed by atoms with E-state index in [0.717, 1.165) is 21.9 Å². The molecule has 0 amide bonds. The fourth-order valence-corrected chi connectivity index (χ4v) is 4.00. The van der Waals surface area contributed by atoms with Gasteiger partial charge in [-0.15, -0.1) is 11.3 Å². The topological polar surface area (TPSA) is 29.3 Å². The number of hydrogen-bond donors (Lipinski definition) is 1. The lowest BCUT2D eigenvalue weighted by molar-refractivity contribution is 0.198. The molecule has 19 heavy (non-hydrogen) atoms. The SMILES string of the molecule is CCCCN(CCCC)C(CN)c1cc(Br)c(Cl)s1. The Morgan fingerprint density at radius 1 is 1.32 bits per heavy atom. The van der Waals surface area contributed by atoms with Crippen molar-refractivity contribution in [2.75, 3.05) is 19.6 Å². The standard InChI is InChI=1S/C14H24BrClN2S/c1-3-5-7-18(8-6-4-2)12(10-17)13-9-11(15)14(16)19-13/h9,12H,3-8,10,17H2,1-2H3. The molecule has 1 aromatic heterocycles. The average molecular weight is 368 g/mol. The molecule has 2 N–H and O–H groups in total. The molecule has 1 unspecified atom stereocenters. The van der Waals surface area contributed by atoms with Gasteiger partial charge in [0.2, 0.25) is 0 Å². The van der Waals surface area contributed by atoms with E-state index in [0.29, 0.717) is 12.6 Å². The third kappa shape index (κ3) is 5.35. The molecule has 0 saturated heterocycles. The van der Waals surface area contributed by atoms with Crippen LogP contribution in [0.3, 0.4) is 0 Å². The first-order valence-corrected chi connectivity index (χ1v) is 9.01. The maximum atomic E-state index is 6.16. The summed E-state index contributed by atoms with van der Waals surface area (Å²) in [5.41, 5.74) is 6.02. The van der Waals surface area contributed by atoms with Gasteiger partial charge in [0.05, 0.1) is 6.04 Å². The van der Waals surface area contributed by atoms with Crippen molar-refractivity contribution in [1.82, 2.24) is 4.90 Å². The van der Waals surface area contributed by atoms with Gasteiger partial charge < -0.3 is 5.73 Å². The number of nitrogens with two attached hydrogens (primary N) is 1. The van der Waals surface area contributed by atoms with E-state index in [9.17, 15) is 0 Å². The second kappa shape index (κ2) is 9.35. The van der Waals surface area contributed by atoms with E-state index in [4.69, 9.17) is 17.3 Å². The van der Waals surface area contributed by atoms with E-state index in [2.05, 4.69) is 40.7 Å². The molecular formula is C14H24BrClN2S. The van der Waals surface area contributed by atoms with Crippen molar-refractivity contribution >= 4 is 38.9 Å². The van der Waals surface area contributed by atoms with Gasteiger partial charge in [0.1, 0.15) is 4.34 Å². The van der Waals surface area contributed by atoms with Crippen LogP contribution in [0, 0.1) is 0 Å². The zero-order valence-corrected chi connectivity index (χ0v) is 15.0. The monoisotopic (exact) mass is 366 g/mol. The summed E-state index contributed by atoms with van der Waals surface area (Å²) in [4.78, 5) is 3.79. The van der Waals surface area contributed by atoms with Crippen LogP contribution < -0.4 is 5.73 Å². The second-order valence-electron chi connectivity index (χ2n) is 4.76. The Hall–Kier alpha value is 0.390. The van der Waals surface area contributed by atoms with E-state index in [1.807, 2.05) is 0 Å². The predicted molar refractivity (Wildman–Crippen MR) is 90.2 cm³/mol. The molecule has 0 fully saturated rings. The minimum atomic E-state index is 0.298. The molecule has 1 rings (SSSR count). The van der Waals surface area contributed by atoms with Gasteiger partial charge in [-0.1, -0.05) is 38.3 Å². The summed E-state index contributed by atoms with van der Waals surface area (Å²) >= 11 is 11.3. The zero-order chi connectivity index (χ0) is 14.3. The molecule has 1 atom stereocenters. The van der Waals surface area contributed by atoms with Crippen LogP contribution in [0.1, 0.15) is 50.4 Å². The molecule has 1 heterocycles. The van der Waals surface area contributed by atoms with Crippen molar-refractivity contribution in [3.05, 3.63) is 19.8 Å². The summed E-state index contributed by atoms with van der Waals surface area (Å²) in [6.45, 7) is 7.34. The maximum Gasteiger partial charge on any atom is 0.107 e. The summed E-state index contributed by atoms with van der Waals surface area (Å²) < 4.78 is 1.80. The molecule has 1 aromatic rings. The van der Waals surface area contributed by atoms with Crippen molar-refractivity contribution < 1.29 is 0 Å². The fraction of sp³-hybridized carbons (Fsp3) is 0.714. The van der Waals surface area contributed by atoms with Crippen LogP contribution in [0.5, 0.6) is 0 Å². The van der Waals surface area contributed by atoms with E-state index in [1.54, 1.807) is 11.3 Å². The Labute approximate surface area is 134 Å². The summed E-state index contributed by atoms with van der Waals surface area (Å²) in [5, 5.41) is 0. The van der Waals surface area contributed by atoms with Crippen molar-refractivity contribution in [2.24, 2.45) is 5.73 Å². The Kier molecular flexibility index (Phi) is 8.58. The molecule has 0 bridgehead atoms. The van der Waals surface area contributed by atoms with Gasteiger partial charge in [-0.05, 0) is 47.9 Å². The van der Waals surface area contributed by atoms with Crippen molar-refractivity contribution in [1.29, 1.82) is 0 Å². The lowest BCUT2D eigenvalue weighted by Crippen LogP contribution is -2.34. The van der Waals surface area contributed by atoms with Crippen molar-refractivity contribution in [2.45, 2.75) is 45.6 Å². The minimum absolute atomic E-state index is 0.298. The molecule has 0 aliphatic rings. The molecule has 0 radical (unpaired) electrons. The van der Waals surface area contributed by atoms with Crippen LogP contribution in [0.25, 0.3) is 0 Å². The normalized spacial score (nSPS) is 13.2. The molecule has 0 saturated carbocycles. The summed E-state index contributed by atoms with van der Waals surface area (Å²) in [6.07, 6.45) is 4.88. The lowest BCUT2D eigenvalue weighted by atomic mass is 10.1. The lowest BCUT2D eigenvalue weighted by Gasteiger charge is -2.30. The minimum Gasteiger partial charge on any atom is -0.329 e. The van der Waals surface area contributed by atoms with E-state index >= 15 is 0 Å². The van der Waals surface area contributed by atoms with Crippen LogP contribution in [0.2, 0.25) is 4.34 Å². The van der Waals surface area contributed by atoms with Gasteiger partial charge in [-0.2, -0.15) is 0 Å². The third-order valence-corrected chi connectivity index (χ3v) is 5.83. The highest BCUT2D eigenvalue weighted by molar-refractivity contribution is 9.10. The summed E-state index contributed by atoms with van der Waals surface area (Å²) in [7, 11) is 0. The summed E-state index contributed by atoms with van der Waals surface area (Å²) in [5.74, 6) is 0. The molecule has 5 heteroatoms. The first-order valence-electron chi connectivity index (χ1n) is 7.02. The Morgan fingerprint density at radius 3 is 2.26 bits per heavy atom. The highest BCUT2D eigenvalue weighted by atomic mass is 79.9. The zero-order valence-electron chi connectivity index (χ0n) is 11.8. The Balaban J connectivity index is 2.81. The first-order chi connectivity index (χ1) is 9.13. The number of hydrogen-bond acceptors (Lipinski definition) is 3. The quantitative estimate of drug-likeness (QED) is 0.660. The van der Waals surface area contributed by atoms with Crippen LogP contribution in [-0.4, -0.2) is 24.5 Å². The number of halogens is 2. The molecule has 110 valence electrons. The van der Waals surface area contributed by atoms with Gasteiger partial charge in [0, 0.05) is 15.9 Å². The third-order valence-electron chi connectivity index (χ3n) is 3.25. The van der Waals surface area contributed by atoms with Crippen LogP contribution in [-0.2, 0) is 0 Å². The maximum absolute atomic E-state index is 6.16. The molecule has 2 nitrogen and oxygen atoms in total. The van der Waals surface area contributed by atoms with Gasteiger partial charge in [0.15, 0.2) is 0 Å². The largest absolute Gasteiger partial charge is 0.329 e. The number of unbranched alkanes of at least 4 members (excludes halogenated alkanes) is 2. The molecular weight excluding hydrogens is 344 g/mol. The highest BCUT2D eigenvalue weighted by Crippen LogP contribution is 2.37. The fourth-order valence-electron chi connectivity index (χ4n) is 2.12. The summed E-state index contributed by atoms with van der Waals surface area (Å²) in [6, 6.07) is 2.42. The number of rotatable bonds is 9. The Morgan fingerprint density at radius 2 is 1.89 bits per heavy atom. The second-order valence-corrected chi connectivity index (χ2v) is 7.31. The Bertz CT molecular complexity index is 343. The van der Waals surface area contributed by atoms with Crippen molar-refractivity contribution in [3.63, 3.8) is 0 Å². The molecule has 0 spiro atoms. The number of nitrogens with zero attached hydrogens (tertiary/aromatic N) is 1. The van der Waals surface area contributed by atoms with Crippen LogP contribution >= 0.6 is 38.9 Å². The van der Waals surface area contributed by atoms with Gasteiger partial charge in [-0.25, -0.2) is 0 Å². The van der Waals surface area contributed by atoms with Gasteiger partial charge >= 0.3 is 0 Å². The van der Waals surface area contributed by atoms with Crippen molar-refractivity contribution in [3.8, 4) is 0 Å². The smallest absolute Gasteiger partial charge is 0.107 e. The molecule has 0 aliphatic carbocycles. The predicted octanol–water partition coefficient (Wildman–Crippen LogP) is 5.07. The molecule has 0 aromatic carbocycles. The van der Waals surface area contributed by atoms with Gasteiger partial charge in [0.25, 0.3) is 0 Å². The average Bonchev–Trinajstić information content (AvgIpc) is 2.72. The molecule has 0 aliphatic heterocycles. The van der Waals surface area contributed by atoms with E-state index in [-0.39, 0.29) is 0 Å². The first kappa shape index (κ1) is 17.4. The van der Waals surface area contributed by atoms with Crippen LogP contribution in [0.15, 0.2) is 10.5 Å². The van der Waals surface area contributed by atoms with E-state index < -0.39 is 0 Å². The highest BCUT2D eigenvalue weighted by Gasteiger charge is 2.21. The van der Waals surface area contributed by atoms with Gasteiger partial charge in [-0.3, -0.25) is 4.90 Å². The van der Waals surface area contributed by atoms with Crippen LogP contribution in [0.4, 0.5) is 0 Å². The van der Waals surface area contributed by atoms with E-state index in [1.165, 1.54) is 30.6 Å². The number of thiophene rings is 1.